The monoisotopic (exact) mass is 502 g/mol. The summed E-state index contributed by atoms with van der Waals surface area (Å²) < 4.78 is 9.40. The molecular weight excluding hydrogens is 476 g/mol. The van der Waals surface area contributed by atoms with Gasteiger partial charge in [-0.05, 0) is 43.2 Å². The molecule has 0 unspecified atom stereocenters. The minimum absolute atomic E-state index is 0.0762. The van der Waals surface area contributed by atoms with E-state index in [1.807, 2.05) is 6.08 Å². The Morgan fingerprint density at radius 2 is 1.73 bits per heavy atom. The zero-order valence-corrected chi connectivity index (χ0v) is 20.6. The number of aromatic hydroxyl groups is 1. The number of anilines is 1. The smallest absolute Gasteiger partial charge is 0.347 e. The molecule has 1 aliphatic carbocycles. The predicted molar refractivity (Wildman–Crippen MR) is 134 cm³/mol. The summed E-state index contributed by atoms with van der Waals surface area (Å²) in [6.45, 7) is 1.88. The second-order valence-corrected chi connectivity index (χ2v) is 9.98. The number of rotatable bonds is 3. The van der Waals surface area contributed by atoms with Crippen molar-refractivity contribution in [1.29, 1.82) is 0 Å². The molecule has 1 saturated heterocycles. The van der Waals surface area contributed by atoms with Gasteiger partial charge in [0.1, 0.15) is 11.5 Å². The number of fused-ring (bicyclic) bond motifs is 4. The highest BCUT2D eigenvalue weighted by Gasteiger charge is 2.66. The summed E-state index contributed by atoms with van der Waals surface area (Å²) in [7, 11) is 2.89. The van der Waals surface area contributed by atoms with Crippen LogP contribution in [0.2, 0.25) is 0 Å². The molecule has 4 atom stereocenters. The van der Waals surface area contributed by atoms with Crippen LogP contribution in [0.15, 0.2) is 69.8 Å². The number of para-hydroxylation sites is 1. The summed E-state index contributed by atoms with van der Waals surface area (Å²) in [6.07, 6.45) is 2.00. The standard InChI is InChI=1S/C27H26N4O6/c1-27-17(23(33)30(24(27)34)15-8-5-4-6-9-15)14-18-16(12-13-29-25(35)28(2)26(36)31(18)29)22(27)21-19(32)10-7-11-20(21)37-3/h4-12,17-18,22,32H,13-14H2,1-3H3/t17-,18+,22+,27+/m0/s1. The van der Waals surface area contributed by atoms with Gasteiger partial charge in [-0.3, -0.25) is 9.59 Å². The van der Waals surface area contributed by atoms with Crippen molar-refractivity contribution in [2.75, 3.05) is 12.0 Å². The molecule has 0 spiro atoms. The van der Waals surface area contributed by atoms with Gasteiger partial charge in [0.15, 0.2) is 0 Å². The largest absolute Gasteiger partial charge is 0.508 e. The molecule has 10 nitrogen and oxygen atoms in total. The molecule has 3 heterocycles. The molecule has 190 valence electrons. The van der Waals surface area contributed by atoms with Gasteiger partial charge in [-0.25, -0.2) is 28.4 Å². The van der Waals surface area contributed by atoms with Gasteiger partial charge in [-0.1, -0.05) is 30.3 Å². The number of benzene rings is 2. The van der Waals surface area contributed by atoms with Gasteiger partial charge in [0.2, 0.25) is 11.8 Å². The highest BCUT2D eigenvalue weighted by atomic mass is 16.5. The summed E-state index contributed by atoms with van der Waals surface area (Å²) in [6, 6.07) is 12.9. The number of methoxy groups -OCH3 is 1. The molecule has 10 heteroatoms. The van der Waals surface area contributed by atoms with Gasteiger partial charge in [-0.15, -0.1) is 0 Å². The third kappa shape index (κ3) is 2.86. The fourth-order valence-corrected chi connectivity index (χ4v) is 6.52. The van der Waals surface area contributed by atoms with E-state index < -0.39 is 34.7 Å². The van der Waals surface area contributed by atoms with E-state index in [-0.39, 0.29) is 30.5 Å². The Hall–Kier alpha value is -4.34. The van der Waals surface area contributed by atoms with Gasteiger partial charge >= 0.3 is 11.4 Å². The number of hydrogen-bond donors (Lipinski definition) is 1. The van der Waals surface area contributed by atoms with E-state index in [4.69, 9.17) is 4.74 Å². The highest BCUT2D eigenvalue weighted by molar-refractivity contribution is 6.24. The van der Waals surface area contributed by atoms with Gasteiger partial charge in [-0.2, -0.15) is 0 Å². The van der Waals surface area contributed by atoms with Gasteiger partial charge in [0, 0.05) is 18.5 Å². The van der Waals surface area contributed by atoms with Crippen LogP contribution in [0.5, 0.6) is 11.5 Å². The number of carbonyl (C=O) groups excluding carboxylic acids is 2. The Labute approximate surface area is 211 Å². The maximum atomic E-state index is 14.2. The Morgan fingerprint density at radius 1 is 1.00 bits per heavy atom. The molecule has 1 N–H and O–H groups in total. The second kappa shape index (κ2) is 7.83. The van der Waals surface area contributed by atoms with Crippen molar-refractivity contribution in [3.8, 4) is 11.5 Å². The van der Waals surface area contributed by atoms with E-state index in [9.17, 15) is 24.3 Å². The van der Waals surface area contributed by atoms with Crippen LogP contribution < -0.4 is 21.0 Å². The van der Waals surface area contributed by atoms with Crippen LogP contribution in [0.3, 0.4) is 0 Å². The van der Waals surface area contributed by atoms with Crippen molar-refractivity contribution in [3.63, 3.8) is 0 Å². The maximum Gasteiger partial charge on any atom is 0.347 e. The molecule has 2 aromatic carbocycles. The molecule has 1 saturated carbocycles. The van der Waals surface area contributed by atoms with E-state index in [1.54, 1.807) is 49.4 Å². The van der Waals surface area contributed by atoms with Crippen molar-refractivity contribution in [1.82, 2.24) is 13.9 Å². The van der Waals surface area contributed by atoms with Crippen LogP contribution in [0.4, 0.5) is 5.69 Å². The summed E-state index contributed by atoms with van der Waals surface area (Å²) >= 11 is 0. The van der Waals surface area contributed by atoms with E-state index in [2.05, 4.69) is 0 Å². The molecule has 37 heavy (non-hydrogen) atoms. The first-order chi connectivity index (χ1) is 17.7. The van der Waals surface area contributed by atoms with Gasteiger partial charge in [0.05, 0.1) is 36.7 Å². The molecule has 3 aromatic rings. The number of nitrogens with zero attached hydrogens (tertiary/aromatic N) is 4. The first-order valence-electron chi connectivity index (χ1n) is 12.1. The van der Waals surface area contributed by atoms with Gasteiger partial charge in [0.25, 0.3) is 0 Å². The number of ether oxygens (including phenoxy) is 1. The molecule has 0 radical (unpaired) electrons. The predicted octanol–water partition coefficient (Wildman–Crippen LogP) is 1.93. The number of amides is 2. The summed E-state index contributed by atoms with van der Waals surface area (Å²) in [5, 5.41) is 11.1. The first kappa shape index (κ1) is 23.1. The number of phenolic OH excluding ortho intramolecular Hbond substituents is 1. The Kier molecular flexibility index (Phi) is 4.88. The maximum absolute atomic E-state index is 14.2. The zero-order chi connectivity index (χ0) is 26.2. The summed E-state index contributed by atoms with van der Waals surface area (Å²) in [5.74, 6) is -2.06. The average molecular weight is 503 g/mol. The van der Waals surface area contributed by atoms with E-state index >= 15 is 0 Å². The van der Waals surface area contributed by atoms with E-state index in [1.165, 1.54) is 34.5 Å². The van der Waals surface area contributed by atoms with Crippen molar-refractivity contribution in [2.45, 2.75) is 31.8 Å². The zero-order valence-electron chi connectivity index (χ0n) is 20.6. The molecule has 2 aliphatic heterocycles. The number of imide groups is 1. The third-order valence-electron chi connectivity index (χ3n) is 8.29. The third-order valence-corrected chi connectivity index (χ3v) is 8.29. The van der Waals surface area contributed by atoms with Crippen molar-refractivity contribution >= 4 is 17.5 Å². The molecule has 2 fully saturated rings. The number of carbonyl (C=O) groups is 2. The van der Waals surface area contributed by atoms with Crippen molar-refractivity contribution < 1.29 is 19.4 Å². The Morgan fingerprint density at radius 3 is 2.43 bits per heavy atom. The molecule has 1 aromatic heterocycles. The fraction of sp³-hybridized carbons (Fsp3) is 0.333. The number of phenols is 1. The fourth-order valence-electron chi connectivity index (χ4n) is 6.52. The lowest BCUT2D eigenvalue weighted by Gasteiger charge is -2.47. The quantitative estimate of drug-likeness (QED) is 0.432. The van der Waals surface area contributed by atoms with Crippen LogP contribution in [0.25, 0.3) is 0 Å². The highest BCUT2D eigenvalue weighted by Crippen LogP contribution is 2.63. The summed E-state index contributed by atoms with van der Waals surface area (Å²) in [5.41, 5.74) is -0.690. The lowest BCUT2D eigenvalue weighted by molar-refractivity contribution is -0.129. The minimum Gasteiger partial charge on any atom is -0.508 e. The Bertz CT molecular complexity index is 1610. The van der Waals surface area contributed by atoms with Crippen molar-refractivity contribution in [3.05, 3.63) is 86.7 Å². The van der Waals surface area contributed by atoms with E-state index in [0.29, 0.717) is 22.6 Å². The molecular formula is C27H26N4O6. The van der Waals surface area contributed by atoms with Crippen LogP contribution >= 0.6 is 0 Å². The molecule has 0 bridgehead atoms. The molecule has 3 aliphatic rings. The SMILES string of the molecule is COc1cccc(O)c1[C@H]1C2=CCn3c(=O)n(C)c(=O)n3[C@@H]2C[C@H]2C(=O)N(c3ccccc3)C(=O)[C@@]12C. The lowest BCUT2D eigenvalue weighted by atomic mass is 9.56. The number of allylic oxidation sites excluding steroid dienone is 2. The van der Waals surface area contributed by atoms with Crippen LogP contribution in [-0.4, -0.2) is 38.0 Å². The van der Waals surface area contributed by atoms with Crippen LogP contribution in [0.1, 0.15) is 30.9 Å². The topological polar surface area (TPSA) is 116 Å². The molecule has 2 amide bonds. The lowest BCUT2D eigenvalue weighted by Crippen LogP contribution is -2.49. The normalized spacial score (nSPS) is 26.4. The van der Waals surface area contributed by atoms with Crippen molar-refractivity contribution in [2.24, 2.45) is 18.4 Å². The minimum atomic E-state index is -1.28. The molecule has 6 rings (SSSR count). The number of hydrogen-bond acceptors (Lipinski definition) is 6. The van der Waals surface area contributed by atoms with E-state index in [0.717, 1.165) is 4.57 Å². The second-order valence-electron chi connectivity index (χ2n) is 9.98. The Balaban J connectivity index is 1.63. The van der Waals surface area contributed by atoms with Crippen LogP contribution in [0, 0.1) is 11.3 Å². The average Bonchev–Trinajstić information content (AvgIpc) is 3.24. The van der Waals surface area contributed by atoms with Crippen LogP contribution in [-0.2, 0) is 23.2 Å². The first-order valence-corrected chi connectivity index (χ1v) is 12.1. The van der Waals surface area contributed by atoms with Gasteiger partial charge < -0.3 is 9.84 Å². The number of aromatic nitrogens is 3. The summed E-state index contributed by atoms with van der Waals surface area (Å²) in [4.78, 5) is 55.3.